The van der Waals surface area contributed by atoms with Crippen molar-refractivity contribution in [1.82, 2.24) is 5.32 Å². The molecule has 0 fully saturated rings. The number of ether oxygens (including phenoxy) is 1. The minimum absolute atomic E-state index is 0.0402. The molecule has 21 heavy (non-hydrogen) atoms. The summed E-state index contributed by atoms with van der Waals surface area (Å²) in [6.45, 7) is 5.69. The quantitative estimate of drug-likeness (QED) is 0.909. The summed E-state index contributed by atoms with van der Waals surface area (Å²) in [6, 6.07) is 17.5. The number of benzene rings is 2. The van der Waals surface area contributed by atoms with Gasteiger partial charge in [0.1, 0.15) is 5.75 Å². The lowest BCUT2D eigenvalue weighted by Gasteiger charge is -2.19. The Kier molecular flexibility index (Phi) is 4.99. The van der Waals surface area contributed by atoms with Crippen molar-refractivity contribution in [1.29, 1.82) is 0 Å². The summed E-state index contributed by atoms with van der Waals surface area (Å²) < 4.78 is 5.73. The van der Waals surface area contributed by atoms with E-state index in [-0.39, 0.29) is 11.9 Å². The first-order valence-electron chi connectivity index (χ1n) is 7.15. The highest BCUT2D eigenvalue weighted by Gasteiger charge is 2.18. The number of nitrogens with one attached hydrogen (secondary N) is 1. The fourth-order valence-corrected chi connectivity index (χ4v) is 2.09. The van der Waals surface area contributed by atoms with Gasteiger partial charge < -0.3 is 10.1 Å². The van der Waals surface area contributed by atoms with E-state index in [9.17, 15) is 4.79 Å². The van der Waals surface area contributed by atoms with E-state index in [2.05, 4.69) is 5.32 Å². The van der Waals surface area contributed by atoms with Crippen molar-refractivity contribution in [2.45, 2.75) is 32.9 Å². The van der Waals surface area contributed by atoms with Gasteiger partial charge in [-0.05, 0) is 38.0 Å². The van der Waals surface area contributed by atoms with Gasteiger partial charge in [0.15, 0.2) is 6.10 Å². The molecule has 0 saturated heterocycles. The molecule has 0 aliphatic carbocycles. The molecule has 2 rings (SSSR count). The molecular weight excluding hydrogens is 262 g/mol. The van der Waals surface area contributed by atoms with E-state index < -0.39 is 6.10 Å². The lowest BCUT2D eigenvalue weighted by molar-refractivity contribution is -0.127. The molecule has 2 aromatic carbocycles. The van der Waals surface area contributed by atoms with Crippen LogP contribution in [0.2, 0.25) is 0 Å². The number of hydrogen-bond donors (Lipinski definition) is 1. The third-order valence-electron chi connectivity index (χ3n) is 3.42. The van der Waals surface area contributed by atoms with Crippen LogP contribution in [0.4, 0.5) is 0 Å². The van der Waals surface area contributed by atoms with Gasteiger partial charge in [0, 0.05) is 0 Å². The summed E-state index contributed by atoms with van der Waals surface area (Å²) >= 11 is 0. The molecule has 0 radical (unpaired) electrons. The fourth-order valence-electron chi connectivity index (χ4n) is 2.09. The molecule has 0 saturated carbocycles. The Morgan fingerprint density at radius 1 is 1.00 bits per heavy atom. The van der Waals surface area contributed by atoms with Crippen molar-refractivity contribution >= 4 is 5.91 Å². The van der Waals surface area contributed by atoms with Gasteiger partial charge in [0.05, 0.1) is 6.04 Å². The predicted octanol–water partition coefficient (Wildman–Crippen LogP) is 3.64. The lowest BCUT2D eigenvalue weighted by atomic mass is 10.1. The van der Waals surface area contributed by atoms with Crippen LogP contribution >= 0.6 is 0 Å². The maximum absolute atomic E-state index is 12.2. The van der Waals surface area contributed by atoms with Gasteiger partial charge in [-0.3, -0.25) is 4.79 Å². The predicted molar refractivity (Wildman–Crippen MR) is 84.3 cm³/mol. The van der Waals surface area contributed by atoms with E-state index in [1.807, 2.05) is 68.4 Å². The van der Waals surface area contributed by atoms with Gasteiger partial charge >= 0.3 is 0 Å². The molecule has 3 heteroatoms. The number of hydrogen-bond acceptors (Lipinski definition) is 2. The van der Waals surface area contributed by atoms with Crippen molar-refractivity contribution in [3.63, 3.8) is 0 Å². The number of carbonyl (C=O) groups excluding carboxylic acids is 1. The van der Waals surface area contributed by atoms with Crippen LogP contribution in [0, 0.1) is 6.92 Å². The van der Waals surface area contributed by atoms with E-state index in [0.717, 1.165) is 16.9 Å². The second-order valence-corrected chi connectivity index (χ2v) is 5.17. The summed E-state index contributed by atoms with van der Waals surface area (Å²) in [4.78, 5) is 12.2. The minimum Gasteiger partial charge on any atom is -0.481 e. The van der Waals surface area contributed by atoms with Gasteiger partial charge in [-0.15, -0.1) is 0 Å². The third kappa shape index (κ3) is 4.09. The maximum atomic E-state index is 12.2. The summed E-state index contributed by atoms with van der Waals surface area (Å²) in [5, 5.41) is 2.97. The Balaban J connectivity index is 1.95. The van der Waals surface area contributed by atoms with E-state index in [0.29, 0.717) is 0 Å². The SMILES string of the molecule is Cc1ccccc1O[C@@H](C)C(=O)N[C@H](C)c1ccccc1. The molecule has 2 aromatic rings. The van der Waals surface area contributed by atoms with Crippen LogP contribution in [0.15, 0.2) is 54.6 Å². The summed E-state index contributed by atoms with van der Waals surface area (Å²) in [6.07, 6.45) is -0.530. The Hall–Kier alpha value is -2.29. The number of amides is 1. The lowest BCUT2D eigenvalue weighted by Crippen LogP contribution is -2.37. The third-order valence-corrected chi connectivity index (χ3v) is 3.42. The normalized spacial score (nSPS) is 13.3. The maximum Gasteiger partial charge on any atom is 0.261 e. The highest BCUT2D eigenvalue weighted by atomic mass is 16.5. The van der Waals surface area contributed by atoms with E-state index in [4.69, 9.17) is 4.74 Å². The summed E-state index contributed by atoms with van der Waals surface area (Å²) in [5.41, 5.74) is 2.10. The van der Waals surface area contributed by atoms with E-state index >= 15 is 0 Å². The number of carbonyl (C=O) groups is 1. The zero-order chi connectivity index (χ0) is 15.2. The van der Waals surface area contributed by atoms with Crippen LogP contribution < -0.4 is 10.1 Å². The zero-order valence-corrected chi connectivity index (χ0v) is 12.7. The number of aryl methyl sites for hydroxylation is 1. The van der Waals surface area contributed by atoms with Crippen molar-refractivity contribution in [3.8, 4) is 5.75 Å². The van der Waals surface area contributed by atoms with Crippen LogP contribution in [0.3, 0.4) is 0 Å². The average Bonchev–Trinajstić information content (AvgIpc) is 2.50. The Morgan fingerprint density at radius 2 is 1.62 bits per heavy atom. The molecule has 2 atom stereocenters. The first-order chi connectivity index (χ1) is 10.1. The molecule has 0 aliphatic heterocycles. The molecule has 0 spiro atoms. The van der Waals surface area contributed by atoms with E-state index in [1.54, 1.807) is 6.92 Å². The average molecular weight is 283 g/mol. The molecular formula is C18H21NO2. The van der Waals surface area contributed by atoms with Crippen molar-refractivity contribution in [2.75, 3.05) is 0 Å². The van der Waals surface area contributed by atoms with Crippen LogP contribution in [-0.2, 0) is 4.79 Å². The first-order valence-corrected chi connectivity index (χ1v) is 7.15. The molecule has 0 aliphatic rings. The van der Waals surface area contributed by atoms with Gasteiger partial charge in [-0.1, -0.05) is 48.5 Å². The molecule has 1 amide bonds. The topological polar surface area (TPSA) is 38.3 Å². The van der Waals surface area contributed by atoms with Crippen LogP contribution in [0.5, 0.6) is 5.75 Å². The molecule has 0 bridgehead atoms. The van der Waals surface area contributed by atoms with Crippen molar-refractivity contribution in [2.24, 2.45) is 0 Å². The minimum atomic E-state index is -0.530. The Morgan fingerprint density at radius 3 is 2.29 bits per heavy atom. The highest BCUT2D eigenvalue weighted by molar-refractivity contribution is 5.81. The van der Waals surface area contributed by atoms with E-state index in [1.165, 1.54) is 0 Å². The van der Waals surface area contributed by atoms with Gasteiger partial charge in [0.25, 0.3) is 5.91 Å². The second kappa shape index (κ2) is 6.93. The van der Waals surface area contributed by atoms with Crippen LogP contribution in [0.1, 0.15) is 31.0 Å². The largest absolute Gasteiger partial charge is 0.481 e. The molecule has 110 valence electrons. The fraction of sp³-hybridized carbons (Fsp3) is 0.278. The molecule has 0 unspecified atom stereocenters. The highest BCUT2D eigenvalue weighted by Crippen LogP contribution is 2.18. The van der Waals surface area contributed by atoms with Gasteiger partial charge in [0.2, 0.25) is 0 Å². The molecule has 3 nitrogen and oxygen atoms in total. The molecule has 1 N–H and O–H groups in total. The molecule has 0 aromatic heterocycles. The Labute approximate surface area is 126 Å². The van der Waals surface area contributed by atoms with Gasteiger partial charge in [-0.25, -0.2) is 0 Å². The second-order valence-electron chi connectivity index (χ2n) is 5.17. The first kappa shape index (κ1) is 15.1. The summed E-state index contributed by atoms with van der Waals surface area (Å²) in [5.74, 6) is 0.627. The summed E-state index contributed by atoms with van der Waals surface area (Å²) in [7, 11) is 0. The number of rotatable bonds is 5. The van der Waals surface area contributed by atoms with Crippen LogP contribution in [0.25, 0.3) is 0 Å². The Bertz CT molecular complexity index is 595. The molecule has 0 heterocycles. The van der Waals surface area contributed by atoms with Gasteiger partial charge in [-0.2, -0.15) is 0 Å². The standard InChI is InChI=1S/C18H21NO2/c1-13-9-7-8-12-17(13)21-15(3)18(20)19-14(2)16-10-5-4-6-11-16/h4-12,14-15H,1-3H3,(H,19,20)/t14-,15+/m1/s1. The van der Waals surface area contributed by atoms with Crippen molar-refractivity contribution < 1.29 is 9.53 Å². The monoisotopic (exact) mass is 283 g/mol. The van der Waals surface area contributed by atoms with Crippen LogP contribution in [-0.4, -0.2) is 12.0 Å². The van der Waals surface area contributed by atoms with Crippen molar-refractivity contribution in [3.05, 3.63) is 65.7 Å². The zero-order valence-electron chi connectivity index (χ0n) is 12.7. The number of para-hydroxylation sites is 1. The smallest absolute Gasteiger partial charge is 0.261 e.